The van der Waals surface area contributed by atoms with Crippen LogP contribution in [0.2, 0.25) is 0 Å². The van der Waals surface area contributed by atoms with E-state index in [4.69, 9.17) is 0 Å². The summed E-state index contributed by atoms with van der Waals surface area (Å²) < 4.78 is 44.8. The average molecular weight is 270 g/mol. The number of hydrogen-bond donors (Lipinski definition) is 0. The molecular weight excluding hydrogens is 256 g/mol. The van der Waals surface area contributed by atoms with Gasteiger partial charge in [0.2, 0.25) is 0 Å². The molecule has 0 aromatic heterocycles. The number of hydrogen-bond acceptors (Lipinski definition) is 5. The van der Waals surface area contributed by atoms with Gasteiger partial charge in [0.1, 0.15) is 0 Å². The van der Waals surface area contributed by atoms with E-state index in [9.17, 15) is 16.8 Å². The lowest BCUT2D eigenvalue weighted by atomic mass is 10.4. The summed E-state index contributed by atoms with van der Waals surface area (Å²) in [5.74, 6) is 0.997. The van der Waals surface area contributed by atoms with Gasteiger partial charge in [-0.3, -0.25) is 0 Å². The predicted octanol–water partition coefficient (Wildman–Crippen LogP) is 0.0938. The normalized spacial score (nSPS) is 38.1. The van der Waals surface area contributed by atoms with E-state index >= 15 is 0 Å². The molecule has 2 fully saturated rings. The van der Waals surface area contributed by atoms with Gasteiger partial charge in [0.05, 0.1) is 23.0 Å². The molecule has 0 aromatic carbocycles. The van der Waals surface area contributed by atoms with Crippen molar-refractivity contribution in [3.8, 4) is 0 Å². The molecule has 2 heterocycles. The fourth-order valence-electron chi connectivity index (χ4n) is 2.01. The second-order valence-corrected chi connectivity index (χ2v) is 10.2. The smallest absolute Gasteiger partial charge is 0.151 e. The minimum absolute atomic E-state index is 0.119. The molecule has 0 bridgehead atoms. The summed E-state index contributed by atoms with van der Waals surface area (Å²) in [4.78, 5) is 0. The number of rotatable bonds is 2. The van der Waals surface area contributed by atoms with Gasteiger partial charge in [0.25, 0.3) is 0 Å². The molecule has 2 aliphatic rings. The van der Waals surface area contributed by atoms with Gasteiger partial charge in [-0.2, -0.15) is 11.8 Å². The summed E-state index contributed by atoms with van der Waals surface area (Å²) in [5.41, 5.74) is 0. The van der Waals surface area contributed by atoms with Crippen molar-refractivity contribution in [2.24, 2.45) is 0 Å². The van der Waals surface area contributed by atoms with E-state index in [0.717, 1.165) is 0 Å². The Bertz CT molecular complexity index is 395. The molecule has 15 heavy (non-hydrogen) atoms. The second-order valence-electron chi connectivity index (χ2n) is 4.19. The van der Waals surface area contributed by atoms with Crippen molar-refractivity contribution in [3.63, 3.8) is 0 Å². The van der Waals surface area contributed by atoms with Crippen LogP contribution in [0, 0.1) is 0 Å². The van der Waals surface area contributed by atoms with Crippen molar-refractivity contribution in [3.05, 3.63) is 0 Å². The van der Waals surface area contributed by atoms with Gasteiger partial charge in [-0.1, -0.05) is 0 Å². The maximum Gasteiger partial charge on any atom is 0.151 e. The van der Waals surface area contributed by atoms with Gasteiger partial charge in [-0.15, -0.1) is 0 Å². The standard InChI is InChI=1S/C8H14O4S3/c9-14(10)3-1-7(5-14)13-8-2-4-15(11,12)6-8/h7-8H,1-6H2/t7-,8-/m0/s1. The lowest BCUT2D eigenvalue weighted by Gasteiger charge is -2.12. The number of sulfone groups is 2. The predicted molar refractivity (Wildman–Crippen MR) is 61.7 cm³/mol. The first-order chi connectivity index (χ1) is 6.86. The van der Waals surface area contributed by atoms with Gasteiger partial charge < -0.3 is 0 Å². The summed E-state index contributed by atoms with van der Waals surface area (Å²) in [6.45, 7) is 0. The van der Waals surface area contributed by atoms with E-state index in [2.05, 4.69) is 0 Å². The first-order valence-electron chi connectivity index (χ1n) is 4.93. The highest BCUT2D eigenvalue weighted by Crippen LogP contribution is 2.32. The first-order valence-corrected chi connectivity index (χ1v) is 9.51. The molecule has 0 aromatic rings. The van der Waals surface area contributed by atoms with Crippen LogP contribution in [0.4, 0.5) is 0 Å². The minimum atomic E-state index is -2.84. The van der Waals surface area contributed by atoms with Crippen molar-refractivity contribution in [2.45, 2.75) is 23.3 Å². The molecule has 2 saturated heterocycles. The topological polar surface area (TPSA) is 68.3 Å². The third-order valence-electron chi connectivity index (χ3n) is 2.77. The Hall–Kier alpha value is 0.250. The van der Waals surface area contributed by atoms with Crippen molar-refractivity contribution in [1.29, 1.82) is 0 Å². The molecule has 0 N–H and O–H groups in total. The molecule has 2 aliphatic heterocycles. The molecule has 0 unspecified atom stereocenters. The fourth-order valence-corrected chi connectivity index (χ4v) is 8.32. The van der Waals surface area contributed by atoms with Gasteiger partial charge in [-0.05, 0) is 12.8 Å². The fraction of sp³-hybridized carbons (Fsp3) is 1.00. The molecule has 2 atom stereocenters. The maximum absolute atomic E-state index is 11.2. The molecule has 7 heteroatoms. The van der Waals surface area contributed by atoms with Crippen LogP contribution in [0.3, 0.4) is 0 Å². The lowest BCUT2D eigenvalue weighted by molar-refractivity contribution is 0.600. The first kappa shape index (κ1) is 11.7. The van der Waals surface area contributed by atoms with Gasteiger partial charge >= 0.3 is 0 Å². The van der Waals surface area contributed by atoms with Crippen LogP contribution >= 0.6 is 11.8 Å². The van der Waals surface area contributed by atoms with E-state index in [0.29, 0.717) is 12.8 Å². The minimum Gasteiger partial charge on any atom is -0.229 e. The Morgan fingerprint density at radius 1 is 0.800 bits per heavy atom. The molecule has 0 saturated carbocycles. The Balaban J connectivity index is 1.90. The van der Waals surface area contributed by atoms with Gasteiger partial charge in [-0.25, -0.2) is 16.8 Å². The summed E-state index contributed by atoms with van der Waals surface area (Å²) in [5, 5.41) is 0.238. The third kappa shape index (κ3) is 3.10. The van der Waals surface area contributed by atoms with Crippen LogP contribution in [-0.4, -0.2) is 50.3 Å². The largest absolute Gasteiger partial charge is 0.229 e. The quantitative estimate of drug-likeness (QED) is 0.711. The Labute approximate surface area is 94.7 Å². The molecule has 4 nitrogen and oxygen atoms in total. The Kier molecular flexibility index (Phi) is 3.07. The number of thioether (sulfide) groups is 1. The van der Waals surface area contributed by atoms with Crippen LogP contribution in [0.5, 0.6) is 0 Å². The van der Waals surface area contributed by atoms with Crippen LogP contribution < -0.4 is 0 Å². The van der Waals surface area contributed by atoms with E-state index in [-0.39, 0.29) is 33.5 Å². The second kappa shape index (κ2) is 3.92. The zero-order chi connectivity index (χ0) is 11.1. The molecule has 0 amide bonds. The molecule has 0 spiro atoms. The van der Waals surface area contributed by atoms with E-state index in [1.165, 1.54) is 0 Å². The van der Waals surface area contributed by atoms with E-state index in [1.807, 2.05) is 0 Å². The van der Waals surface area contributed by atoms with E-state index in [1.54, 1.807) is 11.8 Å². The monoisotopic (exact) mass is 270 g/mol. The van der Waals surface area contributed by atoms with Crippen LogP contribution in [0.1, 0.15) is 12.8 Å². The van der Waals surface area contributed by atoms with Crippen molar-refractivity contribution >= 4 is 31.4 Å². The summed E-state index contributed by atoms with van der Waals surface area (Å²) in [6, 6.07) is 0. The van der Waals surface area contributed by atoms with Crippen molar-refractivity contribution in [2.75, 3.05) is 23.0 Å². The van der Waals surface area contributed by atoms with Gasteiger partial charge in [0, 0.05) is 10.5 Å². The Morgan fingerprint density at radius 3 is 1.47 bits per heavy atom. The highest BCUT2D eigenvalue weighted by Gasteiger charge is 2.34. The lowest BCUT2D eigenvalue weighted by Crippen LogP contribution is -2.13. The zero-order valence-corrected chi connectivity index (χ0v) is 10.7. The van der Waals surface area contributed by atoms with E-state index < -0.39 is 19.7 Å². The summed E-state index contributed by atoms with van der Waals surface area (Å²) in [6.07, 6.45) is 1.37. The SMILES string of the molecule is O=S1(=O)CC[C@H](S[C@H]2CCS(=O)(=O)C2)C1. The van der Waals surface area contributed by atoms with Crippen LogP contribution in [0.15, 0.2) is 0 Å². The maximum atomic E-state index is 11.2. The average Bonchev–Trinajstić information content (AvgIpc) is 2.56. The molecule has 2 rings (SSSR count). The third-order valence-corrected chi connectivity index (χ3v) is 8.30. The van der Waals surface area contributed by atoms with Gasteiger partial charge in [0.15, 0.2) is 19.7 Å². The summed E-state index contributed by atoms with van der Waals surface area (Å²) >= 11 is 1.56. The highest BCUT2D eigenvalue weighted by molar-refractivity contribution is 8.03. The summed E-state index contributed by atoms with van der Waals surface area (Å²) in [7, 11) is -5.67. The molecule has 0 radical (unpaired) electrons. The van der Waals surface area contributed by atoms with Crippen LogP contribution in [-0.2, 0) is 19.7 Å². The van der Waals surface area contributed by atoms with Crippen molar-refractivity contribution < 1.29 is 16.8 Å². The van der Waals surface area contributed by atoms with Crippen LogP contribution in [0.25, 0.3) is 0 Å². The molecule has 0 aliphatic carbocycles. The molecule has 88 valence electrons. The molecular formula is C8H14O4S3. The van der Waals surface area contributed by atoms with Crippen molar-refractivity contribution in [1.82, 2.24) is 0 Å². The zero-order valence-electron chi connectivity index (χ0n) is 8.26. The highest BCUT2D eigenvalue weighted by atomic mass is 32.2. The Morgan fingerprint density at radius 2 is 1.20 bits per heavy atom.